The molecule has 1 N–H and O–H groups in total. The molecule has 1 aromatic carbocycles. The van der Waals surface area contributed by atoms with Crippen molar-refractivity contribution in [2.24, 2.45) is 0 Å². The number of anilines is 1. The first-order valence-corrected chi connectivity index (χ1v) is 15.0. The number of benzene rings is 1. The quantitative estimate of drug-likeness (QED) is 0.251. The highest BCUT2D eigenvalue weighted by Gasteiger charge is 2.43. The fourth-order valence-electron chi connectivity index (χ4n) is 6.03. The molecule has 2 aliphatic heterocycles. The van der Waals surface area contributed by atoms with Crippen LogP contribution in [-0.4, -0.2) is 39.4 Å². The molecule has 0 radical (unpaired) electrons. The van der Waals surface area contributed by atoms with E-state index in [2.05, 4.69) is 41.2 Å². The van der Waals surface area contributed by atoms with Crippen LogP contribution in [0.1, 0.15) is 71.7 Å². The lowest BCUT2D eigenvalue weighted by Crippen LogP contribution is -2.45. The second-order valence-electron chi connectivity index (χ2n) is 10.7. The second-order valence-corrected chi connectivity index (χ2v) is 12.4. The summed E-state index contributed by atoms with van der Waals surface area (Å²) in [6, 6.07) is 10.9. The van der Waals surface area contributed by atoms with Crippen molar-refractivity contribution in [3.63, 3.8) is 0 Å². The van der Waals surface area contributed by atoms with Gasteiger partial charge in [0.2, 0.25) is 0 Å². The summed E-state index contributed by atoms with van der Waals surface area (Å²) in [5.74, 6) is 0.592. The van der Waals surface area contributed by atoms with Gasteiger partial charge in [-0.25, -0.2) is 9.78 Å². The van der Waals surface area contributed by atoms with Crippen LogP contribution in [0.2, 0.25) is 0 Å². The highest BCUT2D eigenvalue weighted by atomic mass is 32.1. The zero-order valence-corrected chi connectivity index (χ0v) is 22.8. The molecule has 1 unspecified atom stereocenters. The Morgan fingerprint density at radius 3 is 2.63 bits per heavy atom. The molecule has 5 heterocycles. The number of carbonyl (C=O) groups is 1. The van der Waals surface area contributed by atoms with Crippen molar-refractivity contribution in [2.75, 3.05) is 4.90 Å². The summed E-state index contributed by atoms with van der Waals surface area (Å²) in [4.78, 5) is 19.6. The first-order valence-electron chi connectivity index (χ1n) is 13.3. The zero-order valence-electron chi connectivity index (χ0n) is 21.1. The molecule has 2 bridgehead atoms. The Morgan fingerprint density at radius 2 is 1.92 bits per heavy atom. The van der Waals surface area contributed by atoms with E-state index in [1.165, 1.54) is 16.9 Å². The summed E-state index contributed by atoms with van der Waals surface area (Å²) >= 11 is 3.09. The third kappa shape index (κ3) is 4.36. The van der Waals surface area contributed by atoms with Gasteiger partial charge in [-0.3, -0.25) is 0 Å². The van der Waals surface area contributed by atoms with Crippen molar-refractivity contribution >= 4 is 33.8 Å². The molecule has 0 amide bonds. The molecular formula is C29H29N3O4S2. The number of thiazole rings is 1. The molecule has 196 valence electrons. The van der Waals surface area contributed by atoms with E-state index in [0.29, 0.717) is 30.2 Å². The molecule has 38 heavy (non-hydrogen) atoms. The van der Waals surface area contributed by atoms with Crippen molar-refractivity contribution in [1.82, 2.24) is 10.1 Å². The monoisotopic (exact) mass is 547 g/mol. The Balaban J connectivity index is 1.06. The normalized spacial score (nSPS) is 22.8. The van der Waals surface area contributed by atoms with Gasteiger partial charge in [-0.15, -0.1) is 22.7 Å². The second kappa shape index (κ2) is 9.63. The number of hydrogen-bond acceptors (Lipinski definition) is 8. The van der Waals surface area contributed by atoms with Crippen LogP contribution in [0.5, 0.6) is 0 Å². The molecule has 0 spiro atoms. The van der Waals surface area contributed by atoms with Crippen molar-refractivity contribution in [1.29, 1.82) is 0 Å². The third-order valence-corrected chi connectivity index (χ3v) is 9.94. The van der Waals surface area contributed by atoms with Gasteiger partial charge in [-0.1, -0.05) is 29.4 Å². The van der Waals surface area contributed by atoms with Crippen molar-refractivity contribution in [2.45, 2.75) is 76.2 Å². The van der Waals surface area contributed by atoms with E-state index >= 15 is 0 Å². The smallest absolute Gasteiger partial charge is 0.336 e. The SMILES string of the molecule is Cc1ccccc1-c1noc(C2CC2)c1COC1C[C@H]2CC[C@@H](C1)N2c1nc(-c2cc(C(=O)O)cs2)cs1. The number of rotatable bonds is 8. The van der Waals surface area contributed by atoms with Gasteiger partial charge in [0.1, 0.15) is 11.5 Å². The predicted molar refractivity (Wildman–Crippen MR) is 148 cm³/mol. The predicted octanol–water partition coefficient (Wildman–Crippen LogP) is 7.13. The van der Waals surface area contributed by atoms with Crippen LogP contribution in [-0.2, 0) is 11.3 Å². The van der Waals surface area contributed by atoms with Crippen LogP contribution >= 0.6 is 22.7 Å². The van der Waals surface area contributed by atoms with Crippen LogP contribution in [0.15, 0.2) is 45.6 Å². The summed E-state index contributed by atoms with van der Waals surface area (Å²) < 4.78 is 12.5. The van der Waals surface area contributed by atoms with Gasteiger partial charge in [-0.2, -0.15) is 0 Å². The molecule has 3 fully saturated rings. The standard InChI is InChI=1S/C29H29N3O4S2/c1-16-4-2-3-5-22(16)26-23(27(36-31-26)17-6-7-17)13-35-21-11-19-8-9-20(12-21)32(19)29-30-24(15-38-29)25-10-18(14-37-25)28(33)34/h2-5,10,14-15,17,19-21H,6-9,11-13H2,1H3,(H,33,34)/t19-,20+,21?. The van der Waals surface area contributed by atoms with E-state index in [-0.39, 0.29) is 6.10 Å². The number of hydrogen-bond donors (Lipinski definition) is 1. The van der Waals surface area contributed by atoms with Crippen LogP contribution in [0.25, 0.3) is 21.8 Å². The molecule has 3 aliphatic rings. The Labute approximate surface area is 229 Å². The Hall–Kier alpha value is -3.01. The Kier molecular flexibility index (Phi) is 6.10. The number of aromatic carboxylic acids is 1. The van der Waals surface area contributed by atoms with Gasteiger partial charge >= 0.3 is 5.97 Å². The van der Waals surface area contributed by atoms with Crippen molar-refractivity contribution in [3.05, 3.63) is 63.5 Å². The van der Waals surface area contributed by atoms with Gasteiger partial charge in [-0.05, 0) is 57.1 Å². The summed E-state index contributed by atoms with van der Waals surface area (Å²) in [5.41, 5.74) is 5.56. The van der Waals surface area contributed by atoms with E-state index in [1.807, 2.05) is 5.38 Å². The summed E-state index contributed by atoms with van der Waals surface area (Å²) in [5, 5.41) is 18.5. The third-order valence-electron chi connectivity index (χ3n) is 8.13. The minimum Gasteiger partial charge on any atom is -0.478 e. The first-order chi connectivity index (χ1) is 18.5. The average Bonchev–Trinajstić information content (AvgIpc) is 3.26. The number of piperidine rings is 1. The highest BCUT2D eigenvalue weighted by molar-refractivity contribution is 7.16. The number of fused-ring (bicyclic) bond motifs is 2. The van der Waals surface area contributed by atoms with Gasteiger partial charge < -0.3 is 19.3 Å². The number of carboxylic acid groups (broad SMARTS) is 1. The minimum absolute atomic E-state index is 0.199. The Bertz CT molecular complexity index is 1470. The van der Waals surface area contributed by atoms with E-state index in [1.54, 1.807) is 22.8 Å². The topological polar surface area (TPSA) is 88.7 Å². The molecule has 2 saturated heterocycles. The van der Waals surface area contributed by atoms with Gasteiger partial charge in [0.15, 0.2) is 5.13 Å². The fraction of sp³-hybridized carbons (Fsp3) is 0.414. The fourth-order valence-corrected chi connectivity index (χ4v) is 7.92. The molecule has 7 nitrogen and oxygen atoms in total. The van der Waals surface area contributed by atoms with E-state index in [9.17, 15) is 9.90 Å². The van der Waals surface area contributed by atoms with Crippen LogP contribution in [0, 0.1) is 6.92 Å². The maximum atomic E-state index is 11.3. The molecule has 1 aliphatic carbocycles. The lowest BCUT2D eigenvalue weighted by Gasteiger charge is -2.38. The van der Waals surface area contributed by atoms with E-state index in [4.69, 9.17) is 14.2 Å². The molecule has 9 heteroatoms. The first kappa shape index (κ1) is 24.1. The zero-order chi connectivity index (χ0) is 25.8. The van der Waals surface area contributed by atoms with Gasteiger partial charge in [0, 0.05) is 39.9 Å². The lowest BCUT2D eigenvalue weighted by atomic mass is 9.99. The minimum atomic E-state index is -0.899. The number of carboxylic acids is 1. The summed E-state index contributed by atoms with van der Waals surface area (Å²) in [6.45, 7) is 2.65. The number of nitrogens with zero attached hydrogens (tertiary/aromatic N) is 3. The lowest BCUT2D eigenvalue weighted by molar-refractivity contribution is 0.0147. The summed E-state index contributed by atoms with van der Waals surface area (Å²) in [7, 11) is 0. The molecule has 3 atom stereocenters. The van der Waals surface area contributed by atoms with E-state index < -0.39 is 5.97 Å². The van der Waals surface area contributed by atoms with E-state index in [0.717, 1.165) is 76.8 Å². The molecule has 4 aromatic rings. The molecule has 1 saturated carbocycles. The molecular weight excluding hydrogens is 518 g/mol. The average molecular weight is 548 g/mol. The maximum Gasteiger partial charge on any atom is 0.336 e. The van der Waals surface area contributed by atoms with Gasteiger partial charge in [0.05, 0.1) is 28.8 Å². The largest absolute Gasteiger partial charge is 0.478 e. The molecule has 3 aromatic heterocycles. The molecule has 7 rings (SSSR count). The van der Waals surface area contributed by atoms with Crippen molar-refractivity contribution < 1.29 is 19.2 Å². The van der Waals surface area contributed by atoms with Gasteiger partial charge in [0.25, 0.3) is 0 Å². The number of thiophene rings is 1. The number of ether oxygens (including phenoxy) is 1. The van der Waals surface area contributed by atoms with Crippen molar-refractivity contribution in [3.8, 4) is 21.8 Å². The summed E-state index contributed by atoms with van der Waals surface area (Å²) in [6.07, 6.45) is 6.79. The highest BCUT2D eigenvalue weighted by Crippen LogP contribution is 2.46. The number of aryl methyl sites for hydroxylation is 1. The van der Waals surface area contributed by atoms with Crippen LogP contribution < -0.4 is 4.90 Å². The maximum absolute atomic E-state index is 11.3. The number of aromatic nitrogens is 2. The Morgan fingerprint density at radius 1 is 1.13 bits per heavy atom. The van der Waals surface area contributed by atoms with Crippen LogP contribution in [0.3, 0.4) is 0 Å². The van der Waals surface area contributed by atoms with Crippen LogP contribution in [0.4, 0.5) is 5.13 Å².